The van der Waals surface area contributed by atoms with Crippen molar-refractivity contribution in [3.8, 4) is 6.07 Å². The molecule has 0 aliphatic rings. The van der Waals surface area contributed by atoms with E-state index in [0.29, 0.717) is 12.2 Å². The van der Waals surface area contributed by atoms with Crippen LogP contribution < -0.4 is 0 Å². The number of allylic oxidation sites excluding steroid dienone is 1. The van der Waals surface area contributed by atoms with Gasteiger partial charge in [-0.15, -0.1) is 0 Å². The highest BCUT2D eigenvalue weighted by Crippen LogP contribution is 2.18. The Labute approximate surface area is 113 Å². The SMILES string of the molecule is C/C(=C\OCc1ccccc1)c1ccccc1C#N. The highest BCUT2D eigenvalue weighted by atomic mass is 16.5. The van der Waals surface area contributed by atoms with Gasteiger partial charge in [0.2, 0.25) is 0 Å². The lowest BCUT2D eigenvalue weighted by atomic mass is 10.0. The second kappa shape index (κ2) is 6.42. The largest absolute Gasteiger partial charge is 0.496 e. The number of rotatable bonds is 4. The molecule has 2 heteroatoms. The van der Waals surface area contributed by atoms with Crippen molar-refractivity contribution in [3.63, 3.8) is 0 Å². The molecule has 0 radical (unpaired) electrons. The zero-order valence-corrected chi connectivity index (χ0v) is 10.8. The van der Waals surface area contributed by atoms with Gasteiger partial charge in [0.05, 0.1) is 17.9 Å². The molecule has 0 amide bonds. The molecule has 0 saturated carbocycles. The zero-order valence-electron chi connectivity index (χ0n) is 10.8. The van der Waals surface area contributed by atoms with Gasteiger partial charge >= 0.3 is 0 Å². The monoisotopic (exact) mass is 249 g/mol. The fraction of sp³-hybridized carbons (Fsp3) is 0.118. The van der Waals surface area contributed by atoms with E-state index in [-0.39, 0.29) is 0 Å². The molecule has 19 heavy (non-hydrogen) atoms. The minimum Gasteiger partial charge on any atom is -0.496 e. The Morgan fingerprint density at radius 1 is 1.11 bits per heavy atom. The number of hydrogen-bond acceptors (Lipinski definition) is 2. The minimum absolute atomic E-state index is 0.535. The van der Waals surface area contributed by atoms with E-state index in [4.69, 9.17) is 10.00 Å². The first-order valence-corrected chi connectivity index (χ1v) is 6.13. The van der Waals surface area contributed by atoms with Crippen LogP contribution in [0.4, 0.5) is 0 Å². The molecule has 0 aliphatic heterocycles. The first kappa shape index (κ1) is 12.9. The molecule has 0 heterocycles. The molecule has 0 saturated heterocycles. The van der Waals surface area contributed by atoms with Crippen molar-refractivity contribution in [3.05, 3.63) is 77.5 Å². The molecule has 0 aliphatic carbocycles. The minimum atomic E-state index is 0.535. The van der Waals surface area contributed by atoms with Crippen LogP contribution in [0.3, 0.4) is 0 Å². The number of benzene rings is 2. The normalized spacial score (nSPS) is 10.8. The molecule has 2 aromatic rings. The highest BCUT2D eigenvalue weighted by Gasteiger charge is 2.02. The van der Waals surface area contributed by atoms with Crippen LogP contribution in [0.5, 0.6) is 0 Å². The van der Waals surface area contributed by atoms with Crippen molar-refractivity contribution in [2.75, 3.05) is 0 Å². The molecule has 2 rings (SSSR count). The van der Waals surface area contributed by atoms with Crippen molar-refractivity contribution in [1.29, 1.82) is 5.26 Å². The van der Waals surface area contributed by atoms with E-state index in [2.05, 4.69) is 6.07 Å². The summed E-state index contributed by atoms with van der Waals surface area (Å²) in [5.74, 6) is 0. The van der Waals surface area contributed by atoms with Crippen LogP contribution in [-0.4, -0.2) is 0 Å². The van der Waals surface area contributed by atoms with E-state index in [0.717, 1.165) is 16.7 Å². The second-order valence-corrected chi connectivity index (χ2v) is 4.25. The summed E-state index contributed by atoms with van der Waals surface area (Å²) in [6.45, 7) is 2.48. The Kier molecular flexibility index (Phi) is 4.36. The number of nitrogens with zero attached hydrogens (tertiary/aromatic N) is 1. The van der Waals surface area contributed by atoms with Gasteiger partial charge in [0.1, 0.15) is 6.61 Å². The van der Waals surface area contributed by atoms with Crippen LogP contribution in [0.15, 0.2) is 60.9 Å². The zero-order chi connectivity index (χ0) is 13.5. The molecule has 0 bridgehead atoms. The van der Waals surface area contributed by atoms with Crippen molar-refractivity contribution in [2.24, 2.45) is 0 Å². The summed E-state index contributed by atoms with van der Waals surface area (Å²) in [6.07, 6.45) is 1.71. The molecule has 94 valence electrons. The van der Waals surface area contributed by atoms with E-state index in [1.54, 1.807) is 6.26 Å². The second-order valence-electron chi connectivity index (χ2n) is 4.25. The van der Waals surface area contributed by atoms with Crippen LogP contribution in [-0.2, 0) is 11.3 Å². The van der Waals surface area contributed by atoms with E-state index < -0.39 is 0 Å². The maximum absolute atomic E-state index is 9.05. The van der Waals surface area contributed by atoms with Crippen molar-refractivity contribution in [1.82, 2.24) is 0 Å². The van der Waals surface area contributed by atoms with Gasteiger partial charge in [0.15, 0.2) is 0 Å². The van der Waals surface area contributed by atoms with Gasteiger partial charge in [0.25, 0.3) is 0 Å². The lowest BCUT2D eigenvalue weighted by Gasteiger charge is -2.06. The Morgan fingerprint density at radius 3 is 2.53 bits per heavy atom. The van der Waals surface area contributed by atoms with Gasteiger partial charge in [-0.3, -0.25) is 0 Å². The summed E-state index contributed by atoms with van der Waals surface area (Å²) in [5, 5.41) is 9.05. The third-order valence-electron chi connectivity index (χ3n) is 2.83. The predicted octanol–water partition coefficient (Wildman–Crippen LogP) is 4.14. The third-order valence-corrected chi connectivity index (χ3v) is 2.83. The van der Waals surface area contributed by atoms with Gasteiger partial charge < -0.3 is 4.74 Å². The van der Waals surface area contributed by atoms with Crippen LogP contribution in [0.25, 0.3) is 5.57 Å². The molecule has 2 aromatic carbocycles. The Hall–Kier alpha value is -2.53. The fourth-order valence-electron chi connectivity index (χ4n) is 1.83. The van der Waals surface area contributed by atoms with Crippen molar-refractivity contribution < 1.29 is 4.74 Å². The average Bonchev–Trinajstić information content (AvgIpc) is 2.48. The number of hydrogen-bond donors (Lipinski definition) is 0. The quantitative estimate of drug-likeness (QED) is 0.763. The summed E-state index contributed by atoms with van der Waals surface area (Å²) in [6, 6.07) is 19.7. The first-order chi connectivity index (χ1) is 9.31. The average molecular weight is 249 g/mol. The molecule has 0 aromatic heterocycles. The predicted molar refractivity (Wildman–Crippen MR) is 76.0 cm³/mol. The van der Waals surface area contributed by atoms with Crippen LogP contribution in [0.2, 0.25) is 0 Å². The summed E-state index contributed by atoms with van der Waals surface area (Å²) in [4.78, 5) is 0. The first-order valence-electron chi connectivity index (χ1n) is 6.13. The van der Waals surface area contributed by atoms with E-state index >= 15 is 0 Å². The van der Waals surface area contributed by atoms with Gasteiger partial charge in [-0.25, -0.2) is 0 Å². The lowest BCUT2D eigenvalue weighted by Crippen LogP contribution is -1.89. The smallest absolute Gasteiger partial charge is 0.112 e. The van der Waals surface area contributed by atoms with Crippen LogP contribution >= 0.6 is 0 Å². The molecule has 2 nitrogen and oxygen atoms in total. The molecule has 0 atom stereocenters. The maximum atomic E-state index is 9.05. The molecule has 0 fully saturated rings. The fourth-order valence-corrected chi connectivity index (χ4v) is 1.83. The number of ether oxygens (including phenoxy) is 1. The molecular formula is C17H15NO. The van der Waals surface area contributed by atoms with Crippen molar-refractivity contribution in [2.45, 2.75) is 13.5 Å². The Morgan fingerprint density at radius 2 is 1.79 bits per heavy atom. The summed E-state index contributed by atoms with van der Waals surface area (Å²) < 4.78 is 5.56. The molecule has 0 unspecified atom stereocenters. The van der Waals surface area contributed by atoms with E-state index in [1.807, 2.05) is 61.5 Å². The van der Waals surface area contributed by atoms with Crippen LogP contribution in [0, 0.1) is 11.3 Å². The van der Waals surface area contributed by atoms with Crippen molar-refractivity contribution >= 4 is 5.57 Å². The summed E-state index contributed by atoms with van der Waals surface area (Å²) >= 11 is 0. The molecular weight excluding hydrogens is 234 g/mol. The van der Waals surface area contributed by atoms with Gasteiger partial charge in [-0.2, -0.15) is 5.26 Å². The Bertz CT molecular complexity index is 609. The standard InChI is InChI=1S/C17H15NO/c1-14(17-10-6-5-9-16(17)11-18)12-19-13-15-7-3-2-4-8-15/h2-10,12H,13H2,1H3/b14-12+. The highest BCUT2D eigenvalue weighted by molar-refractivity contribution is 5.68. The molecule has 0 N–H and O–H groups in total. The van der Waals surface area contributed by atoms with E-state index in [9.17, 15) is 0 Å². The van der Waals surface area contributed by atoms with Gasteiger partial charge in [-0.1, -0.05) is 48.5 Å². The topological polar surface area (TPSA) is 33.0 Å². The summed E-state index contributed by atoms with van der Waals surface area (Å²) in [7, 11) is 0. The number of nitriles is 1. The third kappa shape index (κ3) is 3.46. The summed E-state index contributed by atoms with van der Waals surface area (Å²) in [5.41, 5.74) is 3.66. The molecule has 0 spiro atoms. The maximum Gasteiger partial charge on any atom is 0.112 e. The van der Waals surface area contributed by atoms with Crippen LogP contribution in [0.1, 0.15) is 23.6 Å². The Balaban J connectivity index is 2.06. The van der Waals surface area contributed by atoms with Gasteiger partial charge in [-0.05, 0) is 29.7 Å². The van der Waals surface area contributed by atoms with E-state index in [1.165, 1.54) is 0 Å². The lowest BCUT2D eigenvalue weighted by molar-refractivity contribution is 0.237. The van der Waals surface area contributed by atoms with Gasteiger partial charge in [0, 0.05) is 0 Å².